The summed E-state index contributed by atoms with van der Waals surface area (Å²) in [7, 11) is 1.32. The van der Waals surface area contributed by atoms with Crippen molar-refractivity contribution >= 4 is 5.97 Å². The molecule has 1 rings (SSSR count). The second kappa shape index (κ2) is 5.67. The molecule has 0 unspecified atom stereocenters. The van der Waals surface area contributed by atoms with E-state index in [-0.39, 0.29) is 18.2 Å². The molecule has 0 aromatic carbocycles. The normalized spacial score (nSPS) is 9.36. The summed E-state index contributed by atoms with van der Waals surface area (Å²) in [6.45, 7) is 2.32. The molecular weight excluding hydrogens is 206 g/mol. The SMILES string of the molecule is CCc1oc(C(=O)OC)cc1CN.[Cl-]. The Morgan fingerprint density at radius 2 is 2.29 bits per heavy atom. The molecule has 80 valence electrons. The fourth-order valence-electron chi connectivity index (χ4n) is 1.14. The molecule has 1 heterocycles. The first-order chi connectivity index (χ1) is 6.22. The van der Waals surface area contributed by atoms with E-state index >= 15 is 0 Å². The van der Waals surface area contributed by atoms with Crippen LogP contribution in [0.1, 0.15) is 28.8 Å². The standard InChI is InChI=1S/C9H13NO3.ClH/c1-3-7-6(5-10)4-8(13-7)9(11)12-2;/h4H,3,5,10H2,1-2H3;1H/p-1. The van der Waals surface area contributed by atoms with Gasteiger partial charge in [0.15, 0.2) is 0 Å². The Hall–Kier alpha value is -1.00. The average molecular weight is 219 g/mol. The van der Waals surface area contributed by atoms with Crippen molar-refractivity contribution in [3.8, 4) is 0 Å². The summed E-state index contributed by atoms with van der Waals surface area (Å²) in [5.74, 6) is 0.511. The van der Waals surface area contributed by atoms with E-state index in [2.05, 4.69) is 4.74 Å². The minimum atomic E-state index is -0.464. The quantitative estimate of drug-likeness (QED) is 0.602. The molecule has 0 saturated heterocycles. The number of carbonyl (C=O) groups is 1. The number of hydrogen-bond donors (Lipinski definition) is 1. The zero-order valence-electron chi connectivity index (χ0n) is 8.17. The van der Waals surface area contributed by atoms with E-state index in [0.717, 1.165) is 17.7 Å². The molecule has 4 nitrogen and oxygen atoms in total. The molecule has 1 aromatic heterocycles. The number of carbonyl (C=O) groups excluding carboxylic acids is 1. The fourth-order valence-corrected chi connectivity index (χ4v) is 1.14. The number of aryl methyl sites for hydroxylation is 1. The Balaban J connectivity index is 0.00000169. The van der Waals surface area contributed by atoms with Gasteiger partial charge in [-0.05, 0) is 6.07 Å². The Morgan fingerprint density at radius 1 is 1.64 bits per heavy atom. The van der Waals surface area contributed by atoms with E-state index < -0.39 is 5.97 Å². The number of furan rings is 1. The number of nitrogens with two attached hydrogens (primary N) is 1. The number of ether oxygens (including phenoxy) is 1. The van der Waals surface area contributed by atoms with Gasteiger partial charge in [-0.1, -0.05) is 6.92 Å². The molecular formula is C9H13ClNO3-. The smallest absolute Gasteiger partial charge is 0.373 e. The third kappa shape index (κ3) is 2.49. The van der Waals surface area contributed by atoms with E-state index in [9.17, 15) is 4.79 Å². The zero-order valence-corrected chi connectivity index (χ0v) is 8.93. The van der Waals surface area contributed by atoms with Crippen molar-refractivity contribution in [1.82, 2.24) is 0 Å². The molecule has 2 N–H and O–H groups in total. The fraction of sp³-hybridized carbons (Fsp3) is 0.444. The Bertz CT molecular complexity index is 288. The van der Waals surface area contributed by atoms with Gasteiger partial charge in [-0.3, -0.25) is 0 Å². The van der Waals surface area contributed by atoms with Gasteiger partial charge in [0.2, 0.25) is 5.76 Å². The van der Waals surface area contributed by atoms with E-state index in [0.29, 0.717) is 6.54 Å². The van der Waals surface area contributed by atoms with Crippen molar-refractivity contribution in [2.75, 3.05) is 7.11 Å². The van der Waals surface area contributed by atoms with Crippen molar-refractivity contribution in [2.24, 2.45) is 5.73 Å². The largest absolute Gasteiger partial charge is 1.00 e. The summed E-state index contributed by atoms with van der Waals surface area (Å²) >= 11 is 0. The minimum absolute atomic E-state index is 0. The van der Waals surface area contributed by atoms with E-state index in [1.807, 2.05) is 6.92 Å². The molecule has 0 spiro atoms. The maximum Gasteiger partial charge on any atom is 0.373 e. The molecule has 1 aromatic rings. The summed E-state index contributed by atoms with van der Waals surface area (Å²) < 4.78 is 9.77. The lowest BCUT2D eigenvalue weighted by Gasteiger charge is -1.93. The van der Waals surface area contributed by atoms with Crippen LogP contribution in [0.25, 0.3) is 0 Å². The van der Waals surface area contributed by atoms with E-state index in [4.69, 9.17) is 10.2 Å². The maximum absolute atomic E-state index is 11.1. The van der Waals surface area contributed by atoms with Crippen LogP contribution in [-0.2, 0) is 17.7 Å². The van der Waals surface area contributed by atoms with Crippen molar-refractivity contribution in [3.05, 3.63) is 23.2 Å². The minimum Gasteiger partial charge on any atom is -1.00 e. The molecule has 0 aliphatic heterocycles. The van der Waals surface area contributed by atoms with Crippen molar-refractivity contribution in [2.45, 2.75) is 19.9 Å². The van der Waals surface area contributed by atoms with Crippen LogP contribution < -0.4 is 18.1 Å². The van der Waals surface area contributed by atoms with Gasteiger partial charge in [0, 0.05) is 18.5 Å². The van der Waals surface area contributed by atoms with Crippen LogP contribution in [0, 0.1) is 0 Å². The highest BCUT2D eigenvalue weighted by atomic mass is 35.5. The Morgan fingerprint density at radius 3 is 2.64 bits per heavy atom. The van der Waals surface area contributed by atoms with Gasteiger partial charge >= 0.3 is 5.97 Å². The van der Waals surface area contributed by atoms with Crippen LogP contribution in [0.15, 0.2) is 10.5 Å². The van der Waals surface area contributed by atoms with Gasteiger partial charge in [-0.25, -0.2) is 4.79 Å². The Labute approximate surface area is 88.8 Å². The van der Waals surface area contributed by atoms with Gasteiger partial charge in [-0.2, -0.15) is 0 Å². The van der Waals surface area contributed by atoms with Crippen molar-refractivity contribution in [1.29, 1.82) is 0 Å². The summed E-state index contributed by atoms with van der Waals surface area (Å²) in [4.78, 5) is 11.1. The monoisotopic (exact) mass is 218 g/mol. The number of esters is 1. The number of hydrogen-bond acceptors (Lipinski definition) is 4. The van der Waals surface area contributed by atoms with E-state index in [1.165, 1.54) is 7.11 Å². The van der Waals surface area contributed by atoms with Crippen LogP contribution in [0.5, 0.6) is 0 Å². The highest BCUT2D eigenvalue weighted by Crippen LogP contribution is 2.16. The molecule has 0 saturated carbocycles. The summed E-state index contributed by atoms with van der Waals surface area (Å²) in [5, 5.41) is 0. The van der Waals surface area contributed by atoms with Crippen LogP contribution in [0.3, 0.4) is 0 Å². The third-order valence-electron chi connectivity index (χ3n) is 1.82. The molecule has 5 heteroatoms. The molecule has 0 bridgehead atoms. The summed E-state index contributed by atoms with van der Waals surface area (Å²) in [5.41, 5.74) is 6.33. The average Bonchev–Trinajstić information content (AvgIpc) is 2.59. The van der Waals surface area contributed by atoms with Gasteiger partial charge in [0.25, 0.3) is 0 Å². The van der Waals surface area contributed by atoms with Crippen LogP contribution in [0.4, 0.5) is 0 Å². The van der Waals surface area contributed by atoms with Crippen LogP contribution in [-0.4, -0.2) is 13.1 Å². The zero-order chi connectivity index (χ0) is 9.84. The maximum atomic E-state index is 11.1. The predicted octanol–water partition coefficient (Wildman–Crippen LogP) is -1.91. The second-order valence-corrected chi connectivity index (χ2v) is 2.61. The third-order valence-corrected chi connectivity index (χ3v) is 1.82. The topological polar surface area (TPSA) is 65.5 Å². The lowest BCUT2D eigenvalue weighted by molar-refractivity contribution is -0.0000174. The molecule has 0 aliphatic rings. The predicted molar refractivity (Wildman–Crippen MR) is 47.3 cm³/mol. The molecule has 0 radical (unpaired) electrons. The number of methoxy groups -OCH3 is 1. The number of halogens is 1. The van der Waals surface area contributed by atoms with Gasteiger partial charge in [-0.15, -0.1) is 0 Å². The molecule has 14 heavy (non-hydrogen) atoms. The van der Waals surface area contributed by atoms with Gasteiger partial charge < -0.3 is 27.3 Å². The molecule has 0 atom stereocenters. The Kier molecular flexibility index (Phi) is 5.27. The van der Waals surface area contributed by atoms with Crippen LogP contribution >= 0.6 is 0 Å². The molecule has 0 aliphatic carbocycles. The lowest BCUT2D eigenvalue weighted by Crippen LogP contribution is -3.00. The second-order valence-electron chi connectivity index (χ2n) is 2.61. The highest BCUT2D eigenvalue weighted by Gasteiger charge is 2.14. The summed E-state index contributed by atoms with van der Waals surface area (Å²) in [6, 6.07) is 1.63. The molecule has 0 amide bonds. The first-order valence-electron chi connectivity index (χ1n) is 4.12. The number of rotatable bonds is 3. The van der Waals surface area contributed by atoms with Gasteiger partial charge in [0.05, 0.1) is 7.11 Å². The van der Waals surface area contributed by atoms with E-state index in [1.54, 1.807) is 6.07 Å². The van der Waals surface area contributed by atoms with Crippen molar-refractivity contribution in [3.63, 3.8) is 0 Å². The molecule has 0 fully saturated rings. The first kappa shape index (κ1) is 13.0. The van der Waals surface area contributed by atoms with Crippen LogP contribution in [0.2, 0.25) is 0 Å². The highest BCUT2D eigenvalue weighted by molar-refractivity contribution is 5.86. The summed E-state index contributed by atoms with van der Waals surface area (Å²) in [6.07, 6.45) is 0.726. The van der Waals surface area contributed by atoms with Gasteiger partial charge in [0.1, 0.15) is 5.76 Å². The first-order valence-corrected chi connectivity index (χ1v) is 4.12. The van der Waals surface area contributed by atoms with Crippen molar-refractivity contribution < 1.29 is 26.4 Å². The lowest BCUT2D eigenvalue weighted by atomic mass is 10.2.